The molecular formula is C42H68N4O. The average Bonchev–Trinajstić information content (AvgIpc) is 3.04. The van der Waals surface area contributed by atoms with Crippen molar-refractivity contribution >= 4 is 5.91 Å². The fourth-order valence-corrected chi connectivity index (χ4v) is 5.84. The van der Waals surface area contributed by atoms with Gasteiger partial charge >= 0.3 is 0 Å². The van der Waals surface area contributed by atoms with Gasteiger partial charge in [0.15, 0.2) is 0 Å². The van der Waals surface area contributed by atoms with E-state index < -0.39 is 0 Å². The zero-order valence-electron chi connectivity index (χ0n) is 31.1. The van der Waals surface area contributed by atoms with Gasteiger partial charge in [-0.15, -0.1) is 0 Å². The molecule has 0 heterocycles. The minimum Gasteiger partial charge on any atom is -0.382 e. The first-order chi connectivity index (χ1) is 22.3. The minimum atomic E-state index is -0.256. The number of rotatable bonds is 26. The highest BCUT2D eigenvalue weighted by atomic mass is 16.1. The summed E-state index contributed by atoms with van der Waals surface area (Å²) in [4.78, 5) is 14.1. The Bertz CT molecular complexity index is 1180. The number of allylic oxidation sites excluding steroid dienone is 3. The van der Waals surface area contributed by atoms with E-state index >= 15 is 0 Å². The molecule has 5 nitrogen and oxygen atoms in total. The zero-order chi connectivity index (χ0) is 35.5. The largest absolute Gasteiger partial charge is 0.382 e. The molecule has 0 spiro atoms. The van der Waals surface area contributed by atoms with Gasteiger partial charge in [0.05, 0.1) is 12.1 Å². The van der Waals surface area contributed by atoms with Gasteiger partial charge in [0.25, 0.3) is 0 Å². The van der Waals surface area contributed by atoms with E-state index in [1.807, 2.05) is 25.2 Å². The molecule has 1 aromatic rings. The number of likely N-dealkylation sites (N-methyl/N-ethyl adjacent to an activating group) is 1. The quantitative estimate of drug-likeness (QED) is 0.0759. The molecule has 0 bridgehead atoms. The molecule has 5 heteroatoms. The van der Waals surface area contributed by atoms with Crippen LogP contribution in [0.15, 0.2) is 103 Å². The van der Waals surface area contributed by atoms with Crippen LogP contribution in [0.5, 0.6) is 0 Å². The third-order valence-corrected chi connectivity index (χ3v) is 9.07. The van der Waals surface area contributed by atoms with Gasteiger partial charge in [-0.05, 0) is 74.1 Å². The van der Waals surface area contributed by atoms with E-state index in [1.54, 1.807) is 0 Å². The summed E-state index contributed by atoms with van der Waals surface area (Å²) >= 11 is 0. The molecule has 0 saturated carbocycles. The summed E-state index contributed by atoms with van der Waals surface area (Å²) < 4.78 is 0. The second-order valence-corrected chi connectivity index (χ2v) is 13.9. The van der Waals surface area contributed by atoms with Gasteiger partial charge in [-0.1, -0.05) is 135 Å². The molecule has 0 aliphatic carbocycles. The van der Waals surface area contributed by atoms with Crippen molar-refractivity contribution in [3.05, 3.63) is 109 Å². The van der Waals surface area contributed by atoms with Crippen LogP contribution >= 0.6 is 0 Å². The van der Waals surface area contributed by atoms with E-state index in [0.717, 1.165) is 77.8 Å². The number of amides is 1. The van der Waals surface area contributed by atoms with Crippen LogP contribution < -0.4 is 21.3 Å². The van der Waals surface area contributed by atoms with Crippen LogP contribution in [-0.2, 0) is 4.79 Å². The molecule has 4 N–H and O–H groups in total. The number of hydrogen-bond donors (Lipinski definition) is 4. The van der Waals surface area contributed by atoms with Crippen molar-refractivity contribution in [2.75, 3.05) is 13.6 Å². The van der Waals surface area contributed by atoms with Crippen molar-refractivity contribution in [2.24, 2.45) is 17.8 Å². The lowest BCUT2D eigenvalue weighted by Crippen LogP contribution is -2.42. The molecule has 1 rings (SSSR count). The van der Waals surface area contributed by atoms with E-state index in [1.165, 1.54) is 0 Å². The third-order valence-electron chi connectivity index (χ3n) is 9.07. The van der Waals surface area contributed by atoms with Gasteiger partial charge in [0.1, 0.15) is 0 Å². The average molecular weight is 645 g/mol. The Morgan fingerprint density at radius 1 is 0.787 bits per heavy atom. The van der Waals surface area contributed by atoms with E-state index in [9.17, 15) is 4.79 Å². The van der Waals surface area contributed by atoms with Crippen LogP contribution in [0.3, 0.4) is 0 Å². The van der Waals surface area contributed by atoms with Crippen molar-refractivity contribution in [1.29, 1.82) is 0 Å². The van der Waals surface area contributed by atoms with Gasteiger partial charge in [-0.25, -0.2) is 0 Å². The summed E-state index contributed by atoms with van der Waals surface area (Å²) in [5.41, 5.74) is 7.11. The molecule has 0 aromatic heterocycles. The Labute approximate surface area is 289 Å². The number of nitrogens with one attached hydrogen (secondary N) is 4. The first-order valence-electron chi connectivity index (χ1n) is 17.9. The molecule has 47 heavy (non-hydrogen) atoms. The summed E-state index contributed by atoms with van der Waals surface area (Å²) in [5.74, 6) is 0.762. The number of carbonyl (C=O) groups excluding carboxylic acids is 1. The fourth-order valence-electron chi connectivity index (χ4n) is 5.84. The molecule has 0 saturated heterocycles. The first kappa shape index (κ1) is 41.7. The Morgan fingerprint density at radius 2 is 1.45 bits per heavy atom. The molecule has 262 valence electrons. The molecule has 5 unspecified atom stereocenters. The second-order valence-electron chi connectivity index (χ2n) is 13.9. The van der Waals surface area contributed by atoms with Crippen molar-refractivity contribution in [3.63, 3.8) is 0 Å². The Kier molecular flexibility index (Phi) is 19.8. The standard InChI is InChI=1S/C42H68N4O/c1-14-20-39(32(8)26-36(12)45-41(34(10)28-43-13)37-21-18-17-19-22-37)46-42(47)38(25-30(6)15-2)27-33(9)40(31(7)16-3)44-35(11)24-23-29(4)5/h17-19,21-22,29,31,38-41,43-45H,6,8-12,14-16,20,23-28H2,1-5,7,13H3,(H,46,47). The topological polar surface area (TPSA) is 65.2 Å². The monoisotopic (exact) mass is 645 g/mol. The van der Waals surface area contributed by atoms with Gasteiger partial charge in [0.2, 0.25) is 5.91 Å². The van der Waals surface area contributed by atoms with Gasteiger partial charge in [-0.2, -0.15) is 0 Å². The van der Waals surface area contributed by atoms with Gasteiger partial charge in [0, 0.05) is 36.3 Å². The third kappa shape index (κ3) is 15.4. The highest BCUT2D eigenvalue weighted by molar-refractivity contribution is 5.80. The van der Waals surface area contributed by atoms with Gasteiger partial charge in [-0.3, -0.25) is 4.79 Å². The zero-order valence-corrected chi connectivity index (χ0v) is 31.1. The number of carbonyl (C=O) groups is 1. The highest BCUT2D eigenvalue weighted by Gasteiger charge is 2.28. The smallest absolute Gasteiger partial charge is 0.224 e. The van der Waals surface area contributed by atoms with Gasteiger partial charge < -0.3 is 21.3 Å². The fraction of sp³-hybridized carbons (Fsp3) is 0.548. The Hall–Kier alpha value is -3.31. The maximum atomic E-state index is 14.1. The Balaban J connectivity index is 3.11. The van der Waals surface area contributed by atoms with Crippen molar-refractivity contribution in [1.82, 2.24) is 21.3 Å². The summed E-state index contributed by atoms with van der Waals surface area (Å²) in [5, 5.41) is 13.9. The van der Waals surface area contributed by atoms with E-state index in [0.29, 0.717) is 37.6 Å². The van der Waals surface area contributed by atoms with Crippen LogP contribution in [0.25, 0.3) is 0 Å². The molecule has 0 aliphatic rings. The normalized spacial score (nSPS) is 14.3. The first-order valence-corrected chi connectivity index (χ1v) is 17.9. The second kappa shape index (κ2) is 22.3. The number of benzene rings is 1. The molecule has 5 atom stereocenters. The summed E-state index contributed by atoms with van der Waals surface area (Å²) in [6.45, 7) is 40.1. The molecule has 1 aromatic carbocycles. The Morgan fingerprint density at radius 3 is 2.00 bits per heavy atom. The lowest BCUT2D eigenvalue weighted by atomic mass is 9.84. The predicted molar refractivity (Wildman–Crippen MR) is 206 cm³/mol. The van der Waals surface area contributed by atoms with Crippen molar-refractivity contribution in [3.8, 4) is 0 Å². The van der Waals surface area contributed by atoms with Crippen LogP contribution in [0.1, 0.15) is 111 Å². The molecule has 0 aliphatic heterocycles. The predicted octanol–water partition coefficient (Wildman–Crippen LogP) is 9.71. The van der Waals surface area contributed by atoms with Crippen molar-refractivity contribution < 1.29 is 4.79 Å². The van der Waals surface area contributed by atoms with Crippen LogP contribution in [0.4, 0.5) is 0 Å². The van der Waals surface area contributed by atoms with E-state index in [2.05, 4.69) is 114 Å². The summed E-state index contributed by atoms with van der Waals surface area (Å²) in [6.07, 6.45) is 7.39. The van der Waals surface area contributed by atoms with Crippen molar-refractivity contribution in [2.45, 2.75) is 117 Å². The highest BCUT2D eigenvalue weighted by Crippen LogP contribution is 2.28. The molecular weight excluding hydrogens is 576 g/mol. The summed E-state index contributed by atoms with van der Waals surface area (Å²) in [7, 11) is 1.92. The molecule has 0 radical (unpaired) electrons. The molecule has 0 fully saturated rings. The SMILES string of the molecule is C=C(CC)CC(CC(=C)C(NC(=C)CCC(C)C)C(C)CC)C(=O)NC(CCC)C(=C)CC(=C)NC(C(=C)CNC)c1ccccc1. The minimum absolute atomic E-state index is 0.0324. The maximum Gasteiger partial charge on any atom is 0.224 e. The van der Waals surface area contributed by atoms with E-state index in [-0.39, 0.29) is 30.0 Å². The lowest BCUT2D eigenvalue weighted by molar-refractivity contribution is -0.125. The van der Waals surface area contributed by atoms with Crippen LogP contribution in [0, 0.1) is 17.8 Å². The van der Waals surface area contributed by atoms with Crippen LogP contribution in [-0.4, -0.2) is 31.6 Å². The number of hydrogen-bond acceptors (Lipinski definition) is 4. The lowest BCUT2D eigenvalue weighted by Gasteiger charge is -2.31. The van der Waals surface area contributed by atoms with E-state index in [4.69, 9.17) is 0 Å². The summed E-state index contributed by atoms with van der Waals surface area (Å²) in [6, 6.07) is 10.1. The molecule has 1 amide bonds. The van der Waals surface area contributed by atoms with Crippen LogP contribution in [0.2, 0.25) is 0 Å². The maximum absolute atomic E-state index is 14.1.